The largest absolute Gasteiger partial charge is 0.370 e. The molecule has 80 valence electrons. The van der Waals surface area contributed by atoms with Gasteiger partial charge in [0.25, 0.3) is 5.69 Å². The first kappa shape index (κ1) is 11.0. The van der Waals surface area contributed by atoms with Gasteiger partial charge in [-0.05, 0) is 18.1 Å². The molecule has 0 unspecified atom stereocenters. The van der Waals surface area contributed by atoms with E-state index in [0.717, 1.165) is 5.56 Å². The molecule has 0 saturated heterocycles. The first-order valence-corrected chi connectivity index (χ1v) is 4.43. The minimum absolute atomic E-state index is 0.0425. The average molecular weight is 208 g/mol. The highest BCUT2D eigenvalue weighted by molar-refractivity contribution is 5.90. The fraction of sp³-hybridized carbons (Fsp3) is 0.222. The lowest BCUT2D eigenvalue weighted by Gasteiger charge is -2.08. The zero-order chi connectivity index (χ0) is 11.4. The Balaban J connectivity index is 3.08. The summed E-state index contributed by atoms with van der Waals surface area (Å²) < 4.78 is 0. The number of rotatable bonds is 3. The smallest absolute Gasteiger partial charge is 0.269 e. The van der Waals surface area contributed by atoms with Crippen molar-refractivity contribution in [2.75, 3.05) is 5.32 Å². The minimum Gasteiger partial charge on any atom is -0.370 e. The molecule has 0 aliphatic carbocycles. The molecule has 0 saturated carbocycles. The van der Waals surface area contributed by atoms with Crippen molar-refractivity contribution in [1.29, 1.82) is 5.41 Å². The summed E-state index contributed by atoms with van der Waals surface area (Å²) >= 11 is 0. The molecule has 1 aromatic carbocycles. The normalized spacial score (nSPS) is 9.67. The first-order valence-electron chi connectivity index (χ1n) is 4.43. The van der Waals surface area contributed by atoms with E-state index in [1.54, 1.807) is 6.07 Å². The van der Waals surface area contributed by atoms with Crippen molar-refractivity contribution in [3.8, 4) is 0 Å². The Bertz CT molecular complexity index is 403. The number of guanidine groups is 1. The van der Waals surface area contributed by atoms with Crippen LogP contribution in [0.4, 0.5) is 11.4 Å². The summed E-state index contributed by atoms with van der Waals surface area (Å²) in [5.41, 5.74) is 6.62. The maximum Gasteiger partial charge on any atom is 0.269 e. The van der Waals surface area contributed by atoms with Crippen LogP contribution in [0.15, 0.2) is 18.2 Å². The monoisotopic (exact) mass is 208 g/mol. The Morgan fingerprint density at radius 2 is 2.33 bits per heavy atom. The van der Waals surface area contributed by atoms with Crippen LogP contribution in [-0.4, -0.2) is 10.9 Å². The zero-order valence-electron chi connectivity index (χ0n) is 8.28. The number of nitrogens with one attached hydrogen (secondary N) is 2. The molecule has 1 rings (SSSR count). The predicted octanol–water partition coefficient (Wildman–Crippen LogP) is 1.46. The second-order valence-electron chi connectivity index (χ2n) is 2.99. The summed E-state index contributed by atoms with van der Waals surface area (Å²) in [5.74, 6) is -0.182. The summed E-state index contributed by atoms with van der Waals surface area (Å²) in [5, 5.41) is 20.2. The fourth-order valence-corrected chi connectivity index (χ4v) is 1.25. The van der Waals surface area contributed by atoms with Crippen LogP contribution in [0.2, 0.25) is 0 Å². The zero-order valence-corrected chi connectivity index (χ0v) is 8.28. The Morgan fingerprint density at radius 3 is 2.80 bits per heavy atom. The average Bonchev–Trinajstić information content (AvgIpc) is 2.17. The lowest BCUT2D eigenvalue weighted by Crippen LogP contribution is -2.21. The molecule has 15 heavy (non-hydrogen) atoms. The number of anilines is 1. The van der Waals surface area contributed by atoms with Crippen LogP contribution in [0.1, 0.15) is 12.5 Å². The number of nitrogens with two attached hydrogens (primary N) is 1. The third-order valence-electron chi connectivity index (χ3n) is 1.95. The summed E-state index contributed by atoms with van der Waals surface area (Å²) in [6.07, 6.45) is 0.636. The van der Waals surface area contributed by atoms with Gasteiger partial charge in [-0.1, -0.05) is 6.92 Å². The Kier molecular flexibility index (Phi) is 3.22. The molecule has 0 aliphatic heterocycles. The molecule has 0 spiro atoms. The third kappa shape index (κ3) is 2.67. The van der Waals surface area contributed by atoms with Gasteiger partial charge in [-0.3, -0.25) is 15.5 Å². The number of nitro groups is 1. The molecule has 0 amide bonds. The van der Waals surface area contributed by atoms with Gasteiger partial charge in [0.05, 0.1) is 4.92 Å². The van der Waals surface area contributed by atoms with E-state index >= 15 is 0 Å². The summed E-state index contributed by atoms with van der Waals surface area (Å²) in [6.45, 7) is 1.88. The molecule has 0 radical (unpaired) electrons. The van der Waals surface area contributed by atoms with Gasteiger partial charge in [0, 0.05) is 17.8 Å². The van der Waals surface area contributed by atoms with E-state index in [4.69, 9.17) is 11.1 Å². The summed E-state index contributed by atoms with van der Waals surface area (Å²) in [6, 6.07) is 4.41. The van der Waals surface area contributed by atoms with E-state index in [0.29, 0.717) is 12.1 Å². The number of hydrogen-bond donors (Lipinski definition) is 3. The minimum atomic E-state index is -0.448. The van der Waals surface area contributed by atoms with Crippen molar-refractivity contribution in [3.05, 3.63) is 33.9 Å². The maximum absolute atomic E-state index is 10.5. The van der Waals surface area contributed by atoms with Crippen molar-refractivity contribution in [2.45, 2.75) is 13.3 Å². The van der Waals surface area contributed by atoms with Gasteiger partial charge in [-0.25, -0.2) is 0 Å². The lowest BCUT2D eigenvalue weighted by molar-refractivity contribution is -0.384. The van der Waals surface area contributed by atoms with Crippen LogP contribution in [-0.2, 0) is 6.42 Å². The van der Waals surface area contributed by atoms with E-state index < -0.39 is 4.92 Å². The first-order chi connectivity index (χ1) is 7.04. The molecule has 0 heterocycles. The topological polar surface area (TPSA) is 105 Å². The van der Waals surface area contributed by atoms with E-state index in [1.165, 1.54) is 12.1 Å². The number of nitro benzene ring substituents is 1. The highest BCUT2D eigenvalue weighted by Crippen LogP contribution is 2.22. The molecular weight excluding hydrogens is 196 g/mol. The molecular formula is C9H12N4O2. The Morgan fingerprint density at radius 1 is 1.67 bits per heavy atom. The predicted molar refractivity (Wildman–Crippen MR) is 58.0 cm³/mol. The van der Waals surface area contributed by atoms with Crippen molar-refractivity contribution >= 4 is 17.3 Å². The van der Waals surface area contributed by atoms with Crippen LogP contribution in [0.5, 0.6) is 0 Å². The quantitative estimate of drug-likeness (QED) is 0.302. The number of aryl methyl sites for hydroxylation is 1. The summed E-state index contributed by atoms with van der Waals surface area (Å²) in [7, 11) is 0. The second-order valence-corrected chi connectivity index (χ2v) is 2.99. The van der Waals surface area contributed by atoms with Gasteiger partial charge in [-0.15, -0.1) is 0 Å². The van der Waals surface area contributed by atoms with Gasteiger partial charge in [0.1, 0.15) is 0 Å². The fourth-order valence-electron chi connectivity index (χ4n) is 1.25. The molecule has 0 fully saturated rings. The highest BCUT2D eigenvalue weighted by Gasteiger charge is 2.09. The van der Waals surface area contributed by atoms with Gasteiger partial charge >= 0.3 is 0 Å². The molecule has 0 bridgehead atoms. The van der Waals surface area contributed by atoms with Gasteiger partial charge in [-0.2, -0.15) is 0 Å². The van der Waals surface area contributed by atoms with Gasteiger partial charge < -0.3 is 11.1 Å². The number of non-ortho nitro benzene ring substituents is 1. The van der Waals surface area contributed by atoms with E-state index in [9.17, 15) is 10.1 Å². The van der Waals surface area contributed by atoms with Crippen LogP contribution in [0.3, 0.4) is 0 Å². The summed E-state index contributed by atoms with van der Waals surface area (Å²) in [4.78, 5) is 10.1. The van der Waals surface area contributed by atoms with E-state index in [1.807, 2.05) is 6.92 Å². The number of nitrogens with zero attached hydrogens (tertiary/aromatic N) is 1. The molecule has 6 heteroatoms. The lowest BCUT2D eigenvalue weighted by atomic mass is 10.1. The van der Waals surface area contributed by atoms with E-state index in [-0.39, 0.29) is 11.6 Å². The van der Waals surface area contributed by atoms with Crippen molar-refractivity contribution < 1.29 is 4.92 Å². The van der Waals surface area contributed by atoms with E-state index in [2.05, 4.69) is 5.32 Å². The van der Waals surface area contributed by atoms with Gasteiger partial charge in [0.2, 0.25) is 0 Å². The Labute approximate surface area is 86.8 Å². The molecule has 4 N–H and O–H groups in total. The molecule has 0 aromatic heterocycles. The Hall–Kier alpha value is -2.11. The standard InChI is InChI=1S/C9H12N4O2/c1-2-6-5-7(13(14)15)3-4-8(6)12-9(10)11/h3-5H,2H2,1H3,(H4,10,11,12). The van der Waals surface area contributed by atoms with Crippen LogP contribution < -0.4 is 11.1 Å². The van der Waals surface area contributed by atoms with Crippen molar-refractivity contribution in [3.63, 3.8) is 0 Å². The van der Waals surface area contributed by atoms with Gasteiger partial charge in [0.15, 0.2) is 5.96 Å². The van der Waals surface area contributed by atoms with Crippen LogP contribution in [0.25, 0.3) is 0 Å². The third-order valence-corrected chi connectivity index (χ3v) is 1.95. The molecule has 6 nitrogen and oxygen atoms in total. The van der Waals surface area contributed by atoms with Crippen LogP contribution >= 0.6 is 0 Å². The molecule has 1 aromatic rings. The maximum atomic E-state index is 10.5. The molecule has 0 atom stereocenters. The van der Waals surface area contributed by atoms with Crippen LogP contribution in [0, 0.1) is 15.5 Å². The number of benzene rings is 1. The van der Waals surface area contributed by atoms with Crippen molar-refractivity contribution in [1.82, 2.24) is 0 Å². The molecule has 0 aliphatic rings. The number of hydrogen-bond acceptors (Lipinski definition) is 3. The highest BCUT2D eigenvalue weighted by atomic mass is 16.6. The SMILES string of the molecule is CCc1cc([N+](=O)[O-])ccc1NC(=N)N. The second kappa shape index (κ2) is 4.41. The van der Waals surface area contributed by atoms with Crippen molar-refractivity contribution in [2.24, 2.45) is 5.73 Å².